The Bertz CT molecular complexity index is 738. The molecule has 0 radical (unpaired) electrons. The summed E-state index contributed by atoms with van der Waals surface area (Å²) in [4.78, 5) is 17.9. The van der Waals surface area contributed by atoms with Crippen molar-refractivity contribution < 1.29 is 14.3 Å². The van der Waals surface area contributed by atoms with Crippen molar-refractivity contribution in [3.8, 4) is 5.75 Å². The van der Waals surface area contributed by atoms with E-state index in [4.69, 9.17) is 9.47 Å². The Hall–Kier alpha value is -2.12. The van der Waals surface area contributed by atoms with E-state index in [1.807, 2.05) is 17.6 Å². The van der Waals surface area contributed by atoms with Crippen LogP contribution in [-0.4, -0.2) is 60.3 Å². The topological polar surface area (TPSA) is 68.6 Å². The highest BCUT2D eigenvalue weighted by Crippen LogP contribution is 2.30. The fourth-order valence-corrected chi connectivity index (χ4v) is 3.37. The number of imidazole rings is 1. The van der Waals surface area contributed by atoms with Crippen LogP contribution in [0.3, 0.4) is 0 Å². The molecule has 1 aromatic heterocycles. The van der Waals surface area contributed by atoms with E-state index in [0.29, 0.717) is 19.0 Å². The van der Waals surface area contributed by atoms with Gasteiger partial charge in [0, 0.05) is 26.2 Å². The van der Waals surface area contributed by atoms with Gasteiger partial charge in [-0.1, -0.05) is 6.92 Å². The van der Waals surface area contributed by atoms with Gasteiger partial charge in [0.25, 0.3) is 0 Å². The Morgan fingerprint density at radius 1 is 1.31 bits per heavy atom. The number of hydrogen-bond acceptors (Lipinski definition) is 5. The van der Waals surface area contributed by atoms with E-state index in [9.17, 15) is 4.79 Å². The zero-order valence-corrected chi connectivity index (χ0v) is 15.7. The maximum Gasteiger partial charge on any atom is 0.213 e. The van der Waals surface area contributed by atoms with E-state index in [2.05, 4.69) is 28.2 Å². The summed E-state index contributed by atoms with van der Waals surface area (Å²) in [5, 5.41) is 2.70. The Labute approximate surface area is 154 Å². The zero-order valence-electron chi connectivity index (χ0n) is 15.7. The molecular formula is C19H28N4O3. The largest absolute Gasteiger partial charge is 0.491 e. The summed E-state index contributed by atoms with van der Waals surface area (Å²) < 4.78 is 13.5. The number of nitrogens with zero attached hydrogens (tertiary/aromatic N) is 3. The van der Waals surface area contributed by atoms with Crippen LogP contribution < -0.4 is 10.1 Å². The Morgan fingerprint density at radius 2 is 2.12 bits per heavy atom. The third-order valence-corrected chi connectivity index (χ3v) is 4.57. The monoisotopic (exact) mass is 360 g/mol. The number of amides is 1. The summed E-state index contributed by atoms with van der Waals surface area (Å²) in [6.45, 7) is 10.2. The molecule has 1 saturated heterocycles. The molecule has 7 nitrogen and oxygen atoms in total. The molecule has 1 amide bonds. The van der Waals surface area contributed by atoms with Crippen LogP contribution in [0.4, 0.5) is 5.95 Å². The first kappa shape index (κ1) is 18.7. The van der Waals surface area contributed by atoms with Gasteiger partial charge in [0.2, 0.25) is 12.4 Å². The molecule has 2 heterocycles. The Kier molecular flexibility index (Phi) is 6.46. The first-order valence-electron chi connectivity index (χ1n) is 9.37. The maximum atomic E-state index is 10.9. The average Bonchev–Trinajstić information content (AvgIpc) is 2.97. The summed E-state index contributed by atoms with van der Waals surface area (Å²) in [5.74, 6) is 1.41. The molecule has 0 bridgehead atoms. The minimum absolute atomic E-state index is 0.570. The van der Waals surface area contributed by atoms with Crippen molar-refractivity contribution >= 4 is 23.4 Å². The second-order valence-corrected chi connectivity index (χ2v) is 6.64. The third kappa shape index (κ3) is 4.34. The number of aromatic nitrogens is 2. The van der Waals surface area contributed by atoms with Crippen LogP contribution in [0.15, 0.2) is 12.1 Å². The van der Waals surface area contributed by atoms with Crippen LogP contribution in [0.25, 0.3) is 11.0 Å². The first-order valence-corrected chi connectivity index (χ1v) is 9.37. The van der Waals surface area contributed by atoms with Gasteiger partial charge >= 0.3 is 0 Å². The molecule has 26 heavy (non-hydrogen) atoms. The predicted octanol–water partition coefficient (Wildman–Crippen LogP) is 2.42. The quantitative estimate of drug-likeness (QED) is 0.549. The lowest BCUT2D eigenvalue weighted by atomic mass is 10.2. The van der Waals surface area contributed by atoms with Crippen molar-refractivity contribution in [2.45, 2.75) is 33.2 Å². The molecule has 0 aliphatic carbocycles. The molecule has 142 valence electrons. The van der Waals surface area contributed by atoms with Gasteiger partial charge in [-0.2, -0.15) is 0 Å². The van der Waals surface area contributed by atoms with Crippen molar-refractivity contribution in [1.82, 2.24) is 14.5 Å². The predicted molar refractivity (Wildman–Crippen MR) is 102 cm³/mol. The molecular weight excluding hydrogens is 332 g/mol. The first-order chi connectivity index (χ1) is 12.7. The van der Waals surface area contributed by atoms with Crippen LogP contribution in [0.1, 0.15) is 25.3 Å². The summed E-state index contributed by atoms with van der Waals surface area (Å²) >= 11 is 0. The lowest BCUT2D eigenvalue weighted by Gasteiger charge is -2.26. The van der Waals surface area contributed by atoms with Crippen molar-refractivity contribution in [2.75, 3.05) is 44.8 Å². The molecule has 1 aliphatic rings. The molecule has 0 saturated carbocycles. The standard InChI is InChI=1S/C19H28N4O3/c1-3-5-23-18-16(21-19(23)20-14-24)12-15(2)13-17(18)26-9-4-6-22-7-10-25-11-8-22/h12-14H,3-11H2,1-2H3,(H,20,21,24). The van der Waals surface area contributed by atoms with Crippen LogP contribution in [-0.2, 0) is 16.1 Å². The number of fused-ring (bicyclic) bond motifs is 1. The maximum absolute atomic E-state index is 10.9. The van der Waals surface area contributed by atoms with E-state index in [1.165, 1.54) is 0 Å². The van der Waals surface area contributed by atoms with Crippen molar-refractivity contribution in [2.24, 2.45) is 0 Å². The van der Waals surface area contributed by atoms with Gasteiger partial charge in [-0.05, 0) is 37.5 Å². The van der Waals surface area contributed by atoms with E-state index >= 15 is 0 Å². The van der Waals surface area contributed by atoms with Gasteiger partial charge in [-0.15, -0.1) is 0 Å². The van der Waals surface area contributed by atoms with Crippen LogP contribution in [0.2, 0.25) is 0 Å². The fraction of sp³-hybridized carbons (Fsp3) is 0.579. The van der Waals surface area contributed by atoms with Gasteiger partial charge < -0.3 is 14.0 Å². The number of carbonyl (C=O) groups excluding carboxylic acids is 1. The number of ether oxygens (including phenoxy) is 2. The second-order valence-electron chi connectivity index (χ2n) is 6.64. The number of hydrogen-bond donors (Lipinski definition) is 1. The van der Waals surface area contributed by atoms with Crippen molar-refractivity contribution in [1.29, 1.82) is 0 Å². The molecule has 0 atom stereocenters. The molecule has 0 unspecified atom stereocenters. The fourth-order valence-electron chi connectivity index (χ4n) is 3.37. The van der Waals surface area contributed by atoms with Crippen molar-refractivity contribution in [3.63, 3.8) is 0 Å². The smallest absolute Gasteiger partial charge is 0.213 e. The van der Waals surface area contributed by atoms with Gasteiger partial charge in [-0.3, -0.25) is 15.0 Å². The number of morpholine rings is 1. The highest BCUT2D eigenvalue weighted by atomic mass is 16.5. The molecule has 1 N–H and O–H groups in total. The zero-order chi connectivity index (χ0) is 18.4. The molecule has 1 fully saturated rings. The number of anilines is 1. The van der Waals surface area contributed by atoms with Gasteiger partial charge in [0.05, 0.1) is 25.3 Å². The Morgan fingerprint density at radius 3 is 2.85 bits per heavy atom. The highest BCUT2D eigenvalue weighted by molar-refractivity contribution is 5.87. The number of aryl methyl sites for hydroxylation is 2. The number of nitrogens with one attached hydrogen (secondary N) is 1. The second kappa shape index (κ2) is 9.00. The third-order valence-electron chi connectivity index (χ3n) is 4.57. The molecule has 0 spiro atoms. The van der Waals surface area contributed by atoms with Gasteiger partial charge in [0.1, 0.15) is 11.3 Å². The SMILES string of the molecule is CCCn1c(NC=O)nc2cc(C)cc(OCCCN3CCOCC3)c21. The lowest BCUT2D eigenvalue weighted by molar-refractivity contribution is -0.105. The summed E-state index contributed by atoms with van der Waals surface area (Å²) in [6.07, 6.45) is 2.59. The van der Waals surface area contributed by atoms with Gasteiger partial charge in [0.15, 0.2) is 0 Å². The minimum Gasteiger partial charge on any atom is -0.491 e. The normalized spacial score (nSPS) is 15.3. The summed E-state index contributed by atoms with van der Waals surface area (Å²) in [5.41, 5.74) is 2.90. The number of benzene rings is 1. The van der Waals surface area contributed by atoms with Crippen LogP contribution in [0, 0.1) is 6.92 Å². The number of rotatable bonds is 9. The van der Waals surface area contributed by atoms with Crippen LogP contribution in [0.5, 0.6) is 5.75 Å². The number of carbonyl (C=O) groups is 1. The molecule has 1 aliphatic heterocycles. The van der Waals surface area contributed by atoms with E-state index < -0.39 is 0 Å². The van der Waals surface area contributed by atoms with Crippen LogP contribution >= 0.6 is 0 Å². The summed E-state index contributed by atoms with van der Waals surface area (Å²) in [6, 6.07) is 4.08. The molecule has 3 rings (SSSR count). The summed E-state index contributed by atoms with van der Waals surface area (Å²) in [7, 11) is 0. The highest BCUT2D eigenvalue weighted by Gasteiger charge is 2.16. The lowest BCUT2D eigenvalue weighted by Crippen LogP contribution is -2.37. The Balaban J connectivity index is 1.74. The van der Waals surface area contributed by atoms with Gasteiger partial charge in [-0.25, -0.2) is 4.98 Å². The van der Waals surface area contributed by atoms with E-state index in [1.54, 1.807) is 0 Å². The molecule has 7 heteroatoms. The minimum atomic E-state index is 0.570. The van der Waals surface area contributed by atoms with E-state index in [0.717, 1.165) is 74.6 Å². The molecule has 2 aromatic rings. The van der Waals surface area contributed by atoms with Crippen molar-refractivity contribution in [3.05, 3.63) is 17.7 Å². The average molecular weight is 360 g/mol. The molecule has 1 aromatic carbocycles. The van der Waals surface area contributed by atoms with E-state index in [-0.39, 0.29) is 0 Å².